The highest BCUT2D eigenvalue weighted by Gasteiger charge is 2.18. The van der Waals surface area contributed by atoms with E-state index in [1.807, 2.05) is 0 Å². The van der Waals surface area contributed by atoms with Gasteiger partial charge in [-0.05, 0) is 44.8 Å². The molecule has 0 aliphatic carbocycles. The maximum atomic E-state index is 10.9. The predicted octanol–water partition coefficient (Wildman–Crippen LogP) is 2.66. The van der Waals surface area contributed by atoms with Crippen molar-refractivity contribution in [1.82, 2.24) is 15.2 Å². The SMILES string of the molecule is CC(=O)NCC1CCN(CCCc2nc(CCl)cs2)CC1. The molecule has 1 aliphatic heterocycles. The molecule has 1 aromatic rings. The highest BCUT2D eigenvalue weighted by molar-refractivity contribution is 7.09. The molecular weight excluding hydrogens is 306 g/mol. The molecule has 2 heterocycles. The zero-order chi connectivity index (χ0) is 15.1. The first-order valence-corrected chi connectivity index (χ1v) is 9.05. The molecule has 0 atom stereocenters. The van der Waals surface area contributed by atoms with Crippen molar-refractivity contribution in [3.05, 3.63) is 16.1 Å². The molecule has 118 valence electrons. The molecule has 0 saturated carbocycles. The molecule has 0 aromatic carbocycles. The molecule has 1 saturated heterocycles. The van der Waals surface area contributed by atoms with Crippen LogP contribution < -0.4 is 5.32 Å². The van der Waals surface area contributed by atoms with Crippen LogP contribution >= 0.6 is 22.9 Å². The quantitative estimate of drug-likeness (QED) is 0.782. The van der Waals surface area contributed by atoms with Crippen molar-refractivity contribution in [1.29, 1.82) is 0 Å². The second-order valence-electron chi connectivity index (χ2n) is 5.69. The fourth-order valence-corrected chi connectivity index (χ4v) is 3.75. The molecule has 1 N–H and O–H groups in total. The Morgan fingerprint density at radius 3 is 2.90 bits per heavy atom. The van der Waals surface area contributed by atoms with Crippen molar-refractivity contribution < 1.29 is 4.79 Å². The number of nitrogens with zero attached hydrogens (tertiary/aromatic N) is 2. The van der Waals surface area contributed by atoms with Gasteiger partial charge in [-0.3, -0.25) is 4.79 Å². The molecule has 0 unspecified atom stereocenters. The van der Waals surface area contributed by atoms with Crippen LogP contribution in [0.5, 0.6) is 0 Å². The Morgan fingerprint density at radius 2 is 2.29 bits per heavy atom. The Balaban J connectivity index is 1.59. The first-order valence-electron chi connectivity index (χ1n) is 7.63. The van der Waals surface area contributed by atoms with Crippen molar-refractivity contribution in [2.75, 3.05) is 26.2 Å². The lowest BCUT2D eigenvalue weighted by molar-refractivity contribution is -0.119. The van der Waals surface area contributed by atoms with Crippen LogP contribution in [-0.4, -0.2) is 42.0 Å². The molecular formula is C15H24ClN3OS. The van der Waals surface area contributed by atoms with E-state index in [4.69, 9.17) is 11.6 Å². The standard InChI is InChI=1S/C15H24ClN3OS/c1-12(20)17-10-13-4-7-19(8-5-13)6-2-3-15-18-14(9-16)11-21-15/h11,13H,2-10H2,1H3,(H,17,20). The Morgan fingerprint density at radius 1 is 1.52 bits per heavy atom. The number of rotatable bonds is 7. The minimum Gasteiger partial charge on any atom is -0.356 e. The third-order valence-corrected chi connectivity index (χ3v) is 5.18. The van der Waals surface area contributed by atoms with Gasteiger partial charge in [0.05, 0.1) is 16.6 Å². The van der Waals surface area contributed by atoms with Crippen LogP contribution in [0.4, 0.5) is 0 Å². The first-order chi connectivity index (χ1) is 10.2. The average molecular weight is 330 g/mol. The molecule has 6 heteroatoms. The normalized spacial score (nSPS) is 17.0. The van der Waals surface area contributed by atoms with Crippen LogP contribution in [-0.2, 0) is 17.1 Å². The van der Waals surface area contributed by atoms with Gasteiger partial charge in [0.25, 0.3) is 0 Å². The van der Waals surface area contributed by atoms with E-state index in [-0.39, 0.29) is 5.91 Å². The fraction of sp³-hybridized carbons (Fsp3) is 0.733. The van der Waals surface area contributed by atoms with Crippen molar-refractivity contribution in [3.8, 4) is 0 Å². The summed E-state index contributed by atoms with van der Waals surface area (Å²) in [6.07, 6.45) is 4.58. The number of likely N-dealkylation sites (tertiary alicyclic amines) is 1. The fourth-order valence-electron chi connectivity index (χ4n) is 2.68. The van der Waals surface area contributed by atoms with Crippen LogP contribution in [0.2, 0.25) is 0 Å². The number of aromatic nitrogens is 1. The smallest absolute Gasteiger partial charge is 0.216 e. The van der Waals surface area contributed by atoms with Crippen LogP contribution in [0.1, 0.15) is 36.9 Å². The number of hydrogen-bond donors (Lipinski definition) is 1. The van der Waals surface area contributed by atoms with Crippen molar-refractivity contribution in [2.45, 2.75) is 38.5 Å². The zero-order valence-electron chi connectivity index (χ0n) is 12.6. The Hall–Kier alpha value is -0.650. The van der Waals surface area contributed by atoms with Crippen LogP contribution in [0.25, 0.3) is 0 Å². The third kappa shape index (κ3) is 5.93. The number of alkyl halides is 1. The van der Waals surface area contributed by atoms with E-state index in [0.717, 1.165) is 44.7 Å². The lowest BCUT2D eigenvalue weighted by Crippen LogP contribution is -2.38. The molecule has 4 nitrogen and oxygen atoms in total. The van der Waals surface area contributed by atoms with Gasteiger partial charge < -0.3 is 10.2 Å². The maximum absolute atomic E-state index is 10.9. The van der Waals surface area contributed by atoms with Gasteiger partial charge in [-0.25, -0.2) is 4.98 Å². The van der Waals surface area contributed by atoms with Gasteiger partial charge in [0.15, 0.2) is 0 Å². The highest BCUT2D eigenvalue weighted by atomic mass is 35.5. The number of carbonyl (C=O) groups excluding carboxylic acids is 1. The molecule has 0 spiro atoms. The van der Waals surface area contributed by atoms with Crippen molar-refractivity contribution >= 4 is 28.8 Å². The summed E-state index contributed by atoms with van der Waals surface area (Å²) in [5.41, 5.74) is 0.996. The topological polar surface area (TPSA) is 45.2 Å². The van der Waals surface area contributed by atoms with Crippen LogP contribution in [0.3, 0.4) is 0 Å². The third-order valence-electron chi connectivity index (χ3n) is 3.95. The van der Waals surface area contributed by atoms with E-state index in [1.54, 1.807) is 18.3 Å². The van der Waals surface area contributed by atoms with Gasteiger partial charge in [-0.15, -0.1) is 22.9 Å². The lowest BCUT2D eigenvalue weighted by Gasteiger charge is -2.31. The number of hydrogen-bond acceptors (Lipinski definition) is 4. The molecule has 0 radical (unpaired) electrons. The van der Waals surface area contributed by atoms with E-state index in [2.05, 4.69) is 20.6 Å². The summed E-state index contributed by atoms with van der Waals surface area (Å²) in [5, 5.41) is 6.18. The Labute approximate surface area is 135 Å². The van der Waals surface area contributed by atoms with E-state index in [9.17, 15) is 4.79 Å². The number of halogens is 1. The number of piperidine rings is 1. The van der Waals surface area contributed by atoms with Gasteiger partial charge in [0, 0.05) is 25.3 Å². The highest BCUT2D eigenvalue weighted by Crippen LogP contribution is 2.18. The Kier molecular flexibility index (Phi) is 6.93. The molecule has 1 aliphatic rings. The van der Waals surface area contributed by atoms with Crippen molar-refractivity contribution in [2.24, 2.45) is 5.92 Å². The second-order valence-corrected chi connectivity index (χ2v) is 6.90. The van der Waals surface area contributed by atoms with Gasteiger partial charge in [-0.2, -0.15) is 0 Å². The van der Waals surface area contributed by atoms with Gasteiger partial charge in [0.1, 0.15) is 0 Å². The zero-order valence-corrected chi connectivity index (χ0v) is 14.2. The predicted molar refractivity (Wildman–Crippen MR) is 87.8 cm³/mol. The lowest BCUT2D eigenvalue weighted by atomic mass is 9.96. The van der Waals surface area contributed by atoms with Gasteiger partial charge in [-0.1, -0.05) is 0 Å². The summed E-state index contributed by atoms with van der Waals surface area (Å²) >= 11 is 7.48. The number of nitrogens with one attached hydrogen (secondary N) is 1. The molecule has 0 bridgehead atoms. The second kappa shape index (κ2) is 8.71. The van der Waals surface area contributed by atoms with Gasteiger partial charge in [0.2, 0.25) is 5.91 Å². The van der Waals surface area contributed by atoms with E-state index in [0.29, 0.717) is 11.8 Å². The van der Waals surface area contributed by atoms with Crippen LogP contribution in [0.15, 0.2) is 5.38 Å². The molecule has 21 heavy (non-hydrogen) atoms. The molecule has 2 rings (SSSR count). The maximum Gasteiger partial charge on any atom is 0.216 e. The minimum absolute atomic E-state index is 0.0807. The summed E-state index contributed by atoms with van der Waals surface area (Å²) in [5.74, 6) is 1.24. The van der Waals surface area contributed by atoms with Gasteiger partial charge >= 0.3 is 0 Å². The molecule has 1 aromatic heterocycles. The minimum atomic E-state index is 0.0807. The summed E-state index contributed by atoms with van der Waals surface area (Å²) < 4.78 is 0. The summed E-state index contributed by atoms with van der Waals surface area (Å²) in [4.78, 5) is 17.9. The number of carbonyl (C=O) groups is 1. The molecule has 1 amide bonds. The summed E-state index contributed by atoms with van der Waals surface area (Å²) in [7, 11) is 0. The number of amides is 1. The largest absolute Gasteiger partial charge is 0.356 e. The number of thiazole rings is 1. The van der Waals surface area contributed by atoms with Crippen LogP contribution in [0, 0.1) is 5.92 Å². The Bertz CT molecular complexity index is 444. The molecule has 1 fully saturated rings. The first kappa shape index (κ1) is 16.7. The summed E-state index contributed by atoms with van der Waals surface area (Å²) in [6, 6.07) is 0. The van der Waals surface area contributed by atoms with E-state index >= 15 is 0 Å². The summed E-state index contributed by atoms with van der Waals surface area (Å²) in [6.45, 7) is 5.86. The number of aryl methyl sites for hydroxylation is 1. The average Bonchev–Trinajstić information content (AvgIpc) is 2.94. The van der Waals surface area contributed by atoms with E-state index in [1.165, 1.54) is 17.8 Å². The van der Waals surface area contributed by atoms with E-state index < -0.39 is 0 Å². The van der Waals surface area contributed by atoms with Crippen molar-refractivity contribution in [3.63, 3.8) is 0 Å². The monoisotopic (exact) mass is 329 g/mol.